The highest BCUT2D eigenvalue weighted by atomic mass is 35.5. The highest BCUT2D eigenvalue weighted by Gasteiger charge is 2.20. The Balaban J connectivity index is 2.29. The molecule has 3 nitrogen and oxygen atoms in total. The van der Waals surface area contributed by atoms with Crippen molar-refractivity contribution in [2.24, 2.45) is 0 Å². The molecule has 2 heterocycles. The van der Waals surface area contributed by atoms with Crippen molar-refractivity contribution in [3.05, 3.63) is 28.5 Å². The quantitative estimate of drug-likeness (QED) is 0.787. The van der Waals surface area contributed by atoms with Gasteiger partial charge in [-0.3, -0.25) is 0 Å². The van der Waals surface area contributed by atoms with Crippen molar-refractivity contribution in [3.63, 3.8) is 0 Å². The van der Waals surface area contributed by atoms with Crippen molar-refractivity contribution >= 4 is 11.6 Å². The maximum absolute atomic E-state index is 9.27. The minimum absolute atomic E-state index is 0.0423. The highest BCUT2D eigenvalue weighted by Crippen LogP contribution is 2.31. The van der Waals surface area contributed by atoms with Crippen molar-refractivity contribution in [1.82, 2.24) is 4.98 Å². The van der Waals surface area contributed by atoms with Gasteiger partial charge in [-0.1, -0.05) is 11.6 Å². The zero-order valence-corrected chi connectivity index (χ0v) is 9.20. The summed E-state index contributed by atoms with van der Waals surface area (Å²) in [6, 6.07) is 1.95. The first-order chi connectivity index (χ1) is 7.33. The van der Waals surface area contributed by atoms with Gasteiger partial charge in [0, 0.05) is 25.0 Å². The van der Waals surface area contributed by atoms with Crippen molar-refractivity contribution < 1.29 is 9.84 Å². The first-order valence-electron chi connectivity index (χ1n) is 5.15. The van der Waals surface area contributed by atoms with Gasteiger partial charge in [-0.05, 0) is 30.4 Å². The third-order valence-corrected chi connectivity index (χ3v) is 3.18. The third-order valence-electron chi connectivity index (χ3n) is 2.86. The molecule has 0 aromatic carbocycles. The molecule has 2 rings (SSSR count). The van der Waals surface area contributed by atoms with E-state index in [1.807, 2.05) is 6.07 Å². The lowest BCUT2D eigenvalue weighted by Gasteiger charge is -2.24. The van der Waals surface area contributed by atoms with Gasteiger partial charge in [-0.15, -0.1) is 0 Å². The average molecular weight is 228 g/mol. The van der Waals surface area contributed by atoms with Gasteiger partial charge in [0.25, 0.3) is 0 Å². The highest BCUT2D eigenvalue weighted by molar-refractivity contribution is 6.30. The van der Waals surface area contributed by atoms with Gasteiger partial charge in [-0.2, -0.15) is 0 Å². The van der Waals surface area contributed by atoms with Crippen LogP contribution in [0.15, 0.2) is 12.3 Å². The van der Waals surface area contributed by atoms with E-state index in [1.54, 1.807) is 6.20 Å². The van der Waals surface area contributed by atoms with Gasteiger partial charge in [0.2, 0.25) is 0 Å². The Morgan fingerprint density at radius 1 is 1.47 bits per heavy atom. The van der Waals surface area contributed by atoms with Crippen LogP contribution < -0.4 is 0 Å². The van der Waals surface area contributed by atoms with E-state index in [0.717, 1.165) is 37.2 Å². The Labute approximate surface area is 94.0 Å². The third kappa shape index (κ3) is 2.30. The van der Waals surface area contributed by atoms with Crippen LogP contribution in [0.1, 0.15) is 29.9 Å². The van der Waals surface area contributed by atoms with Crippen LogP contribution in [0.4, 0.5) is 0 Å². The predicted molar refractivity (Wildman–Crippen MR) is 58.0 cm³/mol. The Kier molecular flexibility index (Phi) is 3.57. The number of aliphatic hydroxyl groups is 1. The fourth-order valence-electron chi connectivity index (χ4n) is 2.03. The van der Waals surface area contributed by atoms with Crippen LogP contribution in [0, 0.1) is 0 Å². The largest absolute Gasteiger partial charge is 0.392 e. The molecule has 1 aliphatic rings. The molecule has 15 heavy (non-hydrogen) atoms. The summed E-state index contributed by atoms with van der Waals surface area (Å²) in [5, 5.41) is 9.69. The minimum Gasteiger partial charge on any atom is -0.392 e. The minimum atomic E-state index is -0.0423. The predicted octanol–water partition coefficient (Wildman–Crippen LogP) is 2.12. The molecule has 1 fully saturated rings. The average Bonchev–Trinajstić information content (AvgIpc) is 2.30. The normalized spacial score (nSPS) is 18.0. The van der Waals surface area contributed by atoms with E-state index in [-0.39, 0.29) is 6.61 Å². The molecule has 82 valence electrons. The molecular weight excluding hydrogens is 214 g/mol. The summed E-state index contributed by atoms with van der Waals surface area (Å²) >= 11 is 5.95. The van der Waals surface area contributed by atoms with Crippen molar-refractivity contribution in [2.75, 3.05) is 13.2 Å². The molecule has 0 saturated carbocycles. The summed E-state index contributed by atoms with van der Waals surface area (Å²) in [4.78, 5) is 3.98. The molecule has 4 heteroatoms. The molecule has 1 saturated heterocycles. The van der Waals surface area contributed by atoms with Crippen molar-refractivity contribution in [3.8, 4) is 0 Å². The van der Waals surface area contributed by atoms with Gasteiger partial charge < -0.3 is 9.84 Å². The molecule has 0 atom stereocenters. The lowest BCUT2D eigenvalue weighted by molar-refractivity contribution is 0.0848. The van der Waals surface area contributed by atoms with E-state index in [2.05, 4.69) is 4.98 Å². The number of rotatable bonds is 2. The maximum atomic E-state index is 9.27. The van der Waals surface area contributed by atoms with E-state index in [4.69, 9.17) is 16.3 Å². The first kappa shape index (κ1) is 10.9. The van der Waals surface area contributed by atoms with Crippen LogP contribution >= 0.6 is 11.6 Å². The van der Waals surface area contributed by atoms with Crippen molar-refractivity contribution in [1.29, 1.82) is 0 Å². The summed E-state index contributed by atoms with van der Waals surface area (Å²) in [6.07, 6.45) is 3.69. The number of hydrogen-bond donors (Lipinski definition) is 1. The number of aliphatic hydroxyl groups excluding tert-OH is 1. The summed E-state index contributed by atoms with van der Waals surface area (Å²) in [5.74, 6) is 0.446. The molecule has 1 N–H and O–H groups in total. The van der Waals surface area contributed by atoms with Gasteiger partial charge in [0.1, 0.15) is 5.15 Å². The lowest BCUT2D eigenvalue weighted by Crippen LogP contribution is -2.15. The zero-order chi connectivity index (χ0) is 10.7. The number of halogens is 1. The van der Waals surface area contributed by atoms with Crippen molar-refractivity contribution in [2.45, 2.75) is 25.4 Å². The molecule has 0 unspecified atom stereocenters. The molecule has 0 spiro atoms. The lowest BCUT2D eigenvalue weighted by atomic mass is 9.89. The second kappa shape index (κ2) is 4.92. The molecule has 1 aromatic heterocycles. The van der Waals surface area contributed by atoms with E-state index in [9.17, 15) is 5.11 Å². The second-order valence-corrected chi connectivity index (χ2v) is 4.07. The Bertz CT molecular complexity index is 337. The molecule has 1 aliphatic heterocycles. The number of hydrogen-bond acceptors (Lipinski definition) is 3. The summed E-state index contributed by atoms with van der Waals surface area (Å²) in [7, 11) is 0. The first-order valence-corrected chi connectivity index (χ1v) is 5.52. The fourth-order valence-corrected chi connectivity index (χ4v) is 2.25. The SMILES string of the molecule is OCc1c(C2CCOCC2)ccnc1Cl. The molecule has 0 amide bonds. The van der Waals surface area contributed by atoms with E-state index in [0.29, 0.717) is 11.1 Å². The fraction of sp³-hybridized carbons (Fsp3) is 0.545. The molecule has 0 radical (unpaired) electrons. The standard InChI is InChI=1S/C11H14ClNO2/c12-11-10(7-14)9(1-4-13-11)8-2-5-15-6-3-8/h1,4,8,14H,2-3,5-7H2. The van der Waals surface area contributed by atoms with Crippen LogP contribution in [0.2, 0.25) is 5.15 Å². The maximum Gasteiger partial charge on any atom is 0.134 e. The number of aromatic nitrogens is 1. The summed E-state index contributed by atoms with van der Waals surface area (Å²) in [6.45, 7) is 1.53. The Morgan fingerprint density at radius 3 is 2.87 bits per heavy atom. The van der Waals surface area contributed by atoms with Crippen LogP contribution in [-0.2, 0) is 11.3 Å². The van der Waals surface area contributed by atoms with Gasteiger partial charge in [-0.25, -0.2) is 4.98 Å². The topological polar surface area (TPSA) is 42.4 Å². The Hall–Kier alpha value is -0.640. The van der Waals surface area contributed by atoms with Gasteiger partial charge >= 0.3 is 0 Å². The van der Waals surface area contributed by atoms with Crippen LogP contribution in [0.25, 0.3) is 0 Å². The smallest absolute Gasteiger partial charge is 0.134 e. The van der Waals surface area contributed by atoms with E-state index in [1.165, 1.54) is 0 Å². The van der Waals surface area contributed by atoms with Crippen LogP contribution in [0.5, 0.6) is 0 Å². The molecule has 0 bridgehead atoms. The summed E-state index contributed by atoms with van der Waals surface area (Å²) in [5.41, 5.74) is 1.90. The summed E-state index contributed by atoms with van der Waals surface area (Å²) < 4.78 is 5.31. The second-order valence-electron chi connectivity index (χ2n) is 3.71. The van der Waals surface area contributed by atoms with E-state index >= 15 is 0 Å². The molecular formula is C11H14ClNO2. The monoisotopic (exact) mass is 227 g/mol. The zero-order valence-electron chi connectivity index (χ0n) is 8.45. The van der Waals surface area contributed by atoms with Crippen LogP contribution in [0.3, 0.4) is 0 Å². The van der Waals surface area contributed by atoms with Crippen LogP contribution in [-0.4, -0.2) is 23.3 Å². The van der Waals surface area contributed by atoms with E-state index < -0.39 is 0 Å². The number of ether oxygens (including phenoxy) is 1. The number of pyridine rings is 1. The Morgan fingerprint density at radius 2 is 2.20 bits per heavy atom. The van der Waals surface area contributed by atoms with Gasteiger partial charge in [0.05, 0.1) is 6.61 Å². The van der Waals surface area contributed by atoms with Gasteiger partial charge in [0.15, 0.2) is 0 Å². The molecule has 1 aromatic rings. The molecule has 0 aliphatic carbocycles. The number of nitrogens with zero attached hydrogens (tertiary/aromatic N) is 1.